The molecule has 29 heavy (non-hydrogen) atoms. The van der Waals surface area contributed by atoms with Crippen LogP contribution < -0.4 is 10.9 Å². The second-order valence-electron chi connectivity index (χ2n) is 7.76. The Kier molecular flexibility index (Phi) is 3.81. The first-order valence-electron chi connectivity index (χ1n) is 9.69. The molecule has 146 valence electrons. The molecule has 7 heteroatoms. The van der Waals surface area contributed by atoms with Gasteiger partial charge in [-0.1, -0.05) is 30.3 Å². The highest BCUT2D eigenvalue weighted by Gasteiger charge is 2.53. The van der Waals surface area contributed by atoms with E-state index in [0.717, 1.165) is 29.5 Å². The predicted octanol–water partition coefficient (Wildman–Crippen LogP) is 2.29. The highest BCUT2D eigenvalue weighted by Crippen LogP contribution is 2.40. The van der Waals surface area contributed by atoms with Crippen molar-refractivity contribution in [2.75, 3.05) is 0 Å². The summed E-state index contributed by atoms with van der Waals surface area (Å²) in [6.07, 6.45) is 4.00. The molecule has 2 aromatic heterocycles. The Morgan fingerprint density at radius 1 is 1.14 bits per heavy atom. The Hall–Kier alpha value is -3.48. The van der Waals surface area contributed by atoms with Crippen LogP contribution in [0.4, 0.5) is 4.79 Å². The molecule has 1 aliphatic carbocycles. The van der Waals surface area contributed by atoms with Crippen molar-refractivity contribution >= 4 is 17.6 Å². The zero-order chi connectivity index (χ0) is 20.2. The highest BCUT2D eigenvalue weighted by molar-refractivity contribution is 6.07. The van der Waals surface area contributed by atoms with Gasteiger partial charge in [0.2, 0.25) is 0 Å². The van der Waals surface area contributed by atoms with E-state index in [0.29, 0.717) is 17.8 Å². The zero-order valence-corrected chi connectivity index (χ0v) is 16.0. The number of aromatic nitrogens is 2. The molecule has 5 rings (SSSR count). The summed E-state index contributed by atoms with van der Waals surface area (Å²) < 4.78 is 1.46. The van der Waals surface area contributed by atoms with E-state index in [2.05, 4.69) is 10.3 Å². The first-order valence-corrected chi connectivity index (χ1v) is 9.69. The van der Waals surface area contributed by atoms with Gasteiger partial charge in [-0.25, -0.2) is 9.78 Å². The smallest absolute Gasteiger partial charge is 0.319 e. The van der Waals surface area contributed by atoms with Gasteiger partial charge in [0.1, 0.15) is 11.2 Å². The summed E-state index contributed by atoms with van der Waals surface area (Å²) in [5, 5.41) is 2.93. The number of rotatable bonds is 2. The SMILES string of the molecule is Cc1ccc2nc(CN3C(=O)NC4(CCCc5ccccc54)C3=O)cc(=O)n2c1. The van der Waals surface area contributed by atoms with Gasteiger partial charge >= 0.3 is 6.03 Å². The van der Waals surface area contributed by atoms with Gasteiger partial charge in [0.05, 0.1) is 12.2 Å². The molecule has 1 aliphatic heterocycles. The standard InChI is InChI=1S/C22H20N4O3/c1-14-8-9-18-23-16(11-19(27)25(18)12-14)13-26-20(28)22(24-21(26)29)10-4-6-15-5-2-3-7-17(15)22/h2-3,5,7-9,11-12H,4,6,10,13H2,1H3,(H,24,29). The van der Waals surface area contributed by atoms with Gasteiger partial charge in [0.15, 0.2) is 0 Å². The van der Waals surface area contributed by atoms with Crippen molar-refractivity contribution in [3.8, 4) is 0 Å². The fraction of sp³-hybridized carbons (Fsp3) is 0.273. The quantitative estimate of drug-likeness (QED) is 0.683. The molecule has 1 atom stereocenters. The Labute approximate surface area is 167 Å². The van der Waals surface area contributed by atoms with Crippen LogP contribution in [-0.4, -0.2) is 26.2 Å². The molecular formula is C22H20N4O3. The lowest BCUT2D eigenvalue weighted by Crippen LogP contribution is -2.46. The van der Waals surface area contributed by atoms with E-state index in [1.807, 2.05) is 37.3 Å². The average molecular weight is 388 g/mol. The lowest BCUT2D eigenvalue weighted by Gasteiger charge is -2.33. The van der Waals surface area contributed by atoms with E-state index >= 15 is 0 Å². The van der Waals surface area contributed by atoms with Gasteiger partial charge < -0.3 is 5.32 Å². The van der Waals surface area contributed by atoms with Crippen molar-refractivity contribution in [2.24, 2.45) is 0 Å². The van der Waals surface area contributed by atoms with E-state index in [4.69, 9.17) is 0 Å². The Morgan fingerprint density at radius 3 is 2.83 bits per heavy atom. The van der Waals surface area contributed by atoms with Crippen molar-refractivity contribution < 1.29 is 9.59 Å². The number of nitrogens with zero attached hydrogens (tertiary/aromatic N) is 3. The maximum Gasteiger partial charge on any atom is 0.325 e. The molecule has 1 aromatic carbocycles. The second-order valence-corrected chi connectivity index (χ2v) is 7.76. The number of nitrogens with one attached hydrogen (secondary N) is 1. The highest BCUT2D eigenvalue weighted by atomic mass is 16.2. The van der Waals surface area contributed by atoms with Crippen molar-refractivity contribution in [3.63, 3.8) is 0 Å². The third-order valence-electron chi connectivity index (χ3n) is 5.83. The molecule has 1 saturated heterocycles. The largest absolute Gasteiger partial charge is 0.325 e. The number of carbonyl (C=O) groups is 2. The van der Waals surface area contributed by atoms with Gasteiger partial charge in [0, 0.05) is 12.3 Å². The van der Waals surface area contributed by atoms with Crippen LogP contribution in [0.15, 0.2) is 53.5 Å². The molecule has 1 unspecified atom stereocenters. The number of hydrogen-bond acceptors (Lipinski definition) is 4. The number of hydrogen-bond donors (Lipinski definition) is 1. The van der Waals surface area contributed by atoms with Crippen LogP contribution in [0.25, 0.3) is 5.65 Å². The number of fused-ring (bicyclic) bond motifs is 3. The third-order valence-corrected chi connectivity index (χ3v) is 5.83. The van der Waals surface area contributed by atoms with E-state index in [1.54, 1.807) is 12.3 Å². The van der Waals surface area contributed by atoms with Gasteiger partial charge in [-0.15, -0.1) is 0 Å². The summed E-state index contributed by atoms with van der Waals surface area (Å²) in [5.41, 5.74) is 2.53. The normalized spacial score (nSPS) is 20.9. The maximum atomic E-state index is 13.4. The number of urea groups is 1. The van der Waals surface area contributed by atoms with E-state index in [1.165, 1.54) is 15.4 Å². The fourth-order valence-electron chi connectivity index (χ4n) is 4.46. The first-order chi connectivity index (χ1) is 14.0. The van der Waals surface area contributed by atoms with Gasteiger partial charge in [-0.05, 0) is 48.9 Å². The predicted molar refractivity (Wildman–Crippen MR) is 106 cm³/mol. The average Bonchev–Trinajstić information content (AvgIpc) is 2.94. The van der Waals surface area contributed by atoms with Crippen molar-refractivity contribution in [3.05, 3.63) is 81.4 Å². The van der Waals surface area contributed by atoms with Crippen LogP contribution in [0.1, 0.15) is 35.2 Å². The number of benzene rings is 1. The fourth-order valence-corrected chi connectivity index (χ4v) is 4.46. The van der Waals surface area contributed by atoms with Crippen molar-refractivity contribution in [1.29, 1.82) is 0 Å². The Bertz CT molecular complexity index is 1230. The number of carbonyl (C=O) groups excluding carboxylic acids is 2. The first kappa shape index (κ1) is 17.6. The lowest BCUT2D eigenvalue weighted by molar-refractivity contribution is -0.132. The summed E-state index contributed by atoms with van der Waals surface area (Å²) in [7, 11) is 0. The molecule has 7 nitrogen and oxygen atoms in total. The van der Waals surface area contributed by atoms with Gasteiger partial charge in [0.25, 0.3) is 11.5 Å². The third kappa shape index (κ3) is 2.65. The molecule has 2 aliphatic rings. The topological polar surface area (TPSA) is 83.8 Å². The molecule has 1 fully saturated rings. The number of pyridine rings is 1. The van der Waals surface area contributed by atoms with E-state index in [-0.39, 0.29) is 18.0 Å². The molecular weight excluding hydrogens is 368 g/mol. The monoisotopic (exact) mass is 388 g/mol. The molecule has 0 bridgehead atoms. The molecule has 1 spiro atoms. The molecule has 3 aromatic rings. The van der Waals surface area contributed by atoms with E-state index in [9.17, 15) is 14.4 Å². The maximum absolute atomic E-state index is 13.4. The van der Waals surface area contributed by atoms with Gasteiger partial charge in [-0.3, -0.25) is 18.9 Å². The molecule has 0 radical (unpaired) electrons. The van der Waals surface area contributed by atoms with Crippen molar-refractivity contribution in [1.82, 2.24) is 19.6 Å². The summed E-state index contributed by atoms with van der Waals surface area (Å²) in [6, 6.07) is 12.3. The molecule has 0 saturated carbocycles. The molecule has 3 heterocycles. The number of aryl methyl sites for hydroxylation is 2. The van der Waals surface area contributed by atoms with Crippen LogP contribution in [0.5, 0.6) is 0 Å². The summed E-state index contributed by atoms with van der Waals surface area (Å²) >= 11 is 0. The Morgan fingerprint density at radius 2 is 1.97 bits per heavy atom. The summed E-state index contributed by atoms with van der Waals surface area (Å²) in [6.45, 7) is 1.86. The minimum atomic E-state index is -1.02. The summed E-state index contributed by atoms with van der Waals surface area (Å²) in [5.74, 6) is -0.277. The van der Waals surface area contributed by atoms with Crippen LogP contribution >= 0.6 is 0 Å². The zero-order valence-electron chi connectivity index (χ0n) is 16.0. The van der Waals surface area contributed by atoms with E-state index < -0.39 is 11.6 Å². The molecule has 3 amide bonds. The lowest BCUT2D eigenvalue weighted by atomic mass is 9.76. The van der Waals surface area contributed by atoms with Crippen LogP contribution in [-0.2, 0) is 23.3 Å². The van der Waals surface area contributed by atoms with Crippen LogP contribution in [0, 0.1) is 6.92 Å². The second kappa shape index (κ2) is 6.27. The van der Waals surface area contributed by atoms with Gasteiger partial charge in [-0.2, -0.15) is 0 Å². The minimum absolute atomic E-state index is 0.0335. The Balaban J connectivity index is 1.52. The molecule has 1 N–H and O–H groups in total. The van der Waals surface area contributed by atoms with Crippen LogP contribution in [0.2, 0.25) is 0 Å². The number of amides is 3. The number of imide groups is 1. The van der Waals surface area contributed by atoms with Crippen molar-refractivity contribution in [2.45, 2.75) is 38.3 Å². The minimum Gasteiger partial charge on any atom is -0.319 e. The summed E-state index contributed by atoms with van der Waals surface area (Å²) in [4.78, 5) is 44.3. The van der Waals surface area contributed by atoms with Crippen LogP contribution in [0.3, 0.4) is 0 Å².